The maximum Gasteiger partial charge on any atom is 0.420 e. The molecule has 0 saturated carbocycles. The maximum atomic E-state index is 11.6. The van der Waals surface area contributed by atoms with Crippen LogP contribution in [0, 0.1) is 0 Å². The molecule has 0 spiro atoms. The maximum absolute atomic E-state index is 11.6. The van der Waals surface area contributed by atoms with E-state index in [2.05, 4.69) is 0 Å². The summed E-state index contributed by atoms with van der Waals surface area (Å²) in [6.07, 6.45) is -9.10. The molecule has 0 heterocycles. The molecule has 1 atom stereocenters. The second-order valence-electron chi connectivity index (χ2n) is 1.41. The molecule has 9 heavy (non-hydrogen) atoms. The molecule has 5 heteroatoms. The van der Waals surface area contributed by atoms with Crippen molar-refractivity contribution in [3.05, 3.63) is 0 Å². The summed E-state index contributed by atoms with van der Waals surface area (Å²) in [5.74, 6) is 0. The first-order chi connectivity index (χ1) is 3.98. The van der Waals surface area contributed by atoms with Gasteiger partial charge in [0.15, 0.2) is 0 Å². The number of carbonyl (C=O) groups is 1. The summed E-state index contributed by atoms with van der Waals surface area (Å²) in [4.78, 5) is 9.32. The Labute approximate surface area is 48.7 Å². The molecule has 0 fully saturated rings. The molecular weight excluding hydrogens is 140 g/mol. The van der Waals surface area contributed by atoms with Crippen molar-refractivity contribution in [1.29, 1.82) is 0 Å². The van der Waals surface area contributed by atoms with Crippen molar-refractivity contribution in [1.82, 2.24) is 0 Å². The molecule has 0 aliphatic rings. The van der Waals surface area contributed by atoms with Crippen molar-refractivity contribution < 1.29 is 22.4 Å². The highest BCUT2D eigenvalue weighted by Crippen LogP contribution is 2.24. The summed E-state index contributed by atoms with van der Waals surface area (Å²) in [6, 6.07) is 0. The standard InChI is InChI=1S/C4H4F4O/c5-3(1-2-9)4(6,7)8/h2-3H,1H2. The molecule has 0 radical (unpaired) electrons. The van der Waals surface area contributed by atoms with E-state index in [1.54, 1.807) is 0 Å². The minimum Gasteiger partial charge on any atom is -0.303 e. The molecule has 54 valence electrons. The number of alkyl halides is 4. The third-order valence-corrected chi connectivity index (χ3v) is 0.658. The highest BCUT2D eigenvalue weighted by molar-refractivity contribution is 5.50. The summed E-state index contributed by atoms with van der Waals surface area (Å²) in [5, 5.41) is 0. The Morgan fingerprint density at radius 2 is 1.89 bits per heavy atom. The Kier molecular flexibility index (Phi) is 2.61. The third kappa shape index (κ3) is 3.05. The topological polar surface area (TPSA) is 17.1 Å². The Morgan fingerprint density at radius 3 is 2.00 bits per heavy atom. The molecule has 0 aliphatic heterocycles. The van der Waals surface area contributed by atoms with Crippen molar-refractivity contribution in [2.24, 2.45) is 0 Å². The zero-order chi connectivity index (χ0) is 7.49. The fraction of sp³-hybridized carbons (Fsp3) is 0.750. The van der Waals surface area contributed by atoms with E-state index < -0.39 is 18.8 Å². The van der Waals surface area contributed by atoms with Crippen LogP contribution < -0.4 is 0 Å². The lowest BCUT2D eigenvalue weighted by atomic mass is 10.3. The molecule has 0 aliphatic carbocycles. The number of halogens is 4. The first kappa shape index (κ1) is 8.39. The average molecular weight is 144 g/mol. The number of aldehydes is 1. The second kappa shape index (κ2) is 2.80. The van der Waals surface area contributed by atoms with Crippen molar-refractivity contribution in [2.45, 2.75) is 18.8 Å². The summed E-state index contributed by atoms with van der Waals surface area (Å²) in [7, 11) is 0. The predicted octanol–water partition coefficient (Wildman–Crippen LogP) is 1.48. The van der Waals surface area contributed by atoms with Crippen molar-refractivity contribution in [3.8, 4) is 0 Å². The molecular formula is C4H4F4O. The van der Waals surface area contributed by atoms with Gasteiger partial charge in [-0.3, -0.25) is 0 Å². The Morgan fingerprint density at radius 1 is 1.44 bits per heavy atom. The van der Waals surface area contributed by atoms with Crippen LogP contribution in [0.1, 0.15) is 6.42 Å². The van der Waals surface area contributed by atoms with E-state index in [4.69, 9.17) is 0 Å². The van der Waals surface area contributed by atoms with Crippen LogP contribution in [0.3, 0.4) is 0 Å². The molecule has 0 amide bonds. The SMILES string of the molecule is O=CCC(F)C(F)(F)F. The van der Waals surface area contributed by atoms with Crippen LogP contribution in [0.5, 0.6) is 0 Å². The van der Waals surface area contributed by atoms with Gasteiger partial charge in [0, 0.05) is 6.42 Å². The third-order valence-electron chi connectivity index (χ3n) is 0.658. The van der Waals surface area contributed by atoms with Gasteiger partial charge in [0.25, 0.3) is 0 Å². The highest BCUT2D eigenvalue weighted by Gasteiger charge is 2.39. The van der Waals surface area contributed by atoms with E-state index in [1.165, 1.54) is 0 Å². The quantitative estimate of drug-likeness (QED) is 0.423. The number of hydrogen-bond acceptors (Lipinski definition) is 1. The lowest BCUT2D eigenvalue weighted by Crippen LogP contribution is -2.24. The van der Waals surface area contributed by atoms with Gasteiger partial charge >= 0.3 is 6.18 Å². The average Bonchev–Trinajstić information content (AvgIpc) is 1.64. The lowest BCUT2D eigenvalue weighted by molar-refractivity contribution is -0.181. The van der Waals surface area contributed by atoms with Gasteiger partial charge in [-0.1, -0.05) is 0 Å². The summed E-state index contributed by atoms with van der Waals surface area (Å²) in [5.41, 5.74) is 0. The van der Waals surface area contributed by atoms with Gasteiger partial charge in [0.1, 0.15) is 6.29 Å². The zero-order valence-electron chi connectivity index (χ0n) is 4.28. The Bertz CT molecular complexity index is 97.2. The van der Waals surface area contributed by atoms with E-state index in [9.17, 15) is 22.4 Å². The normalized spacial score (nSPS) is 15.1. The van der Waals surface area contributed by atoms with Crippen molar-refractivity contribution in [2.75, 3.05) is 0 Å². The van der Waals surface area contributed by atoms with Gasteiger partial charge in [-0.2, -0.15) is 13.2 Å². The number of carbonyl (C=O) groups excluding carboxylic acids is 1. The van der Waals surface area contributed by atoms with Gasteiger partial charge in [-0.25, -0.2) is 4.39 Å². The summed E-state index contributed by atoms with van der Waals surface area (Å²) >= 11 is 0. The zero-order valence-corrected chi connectivity index (χ0v) is 4.28. The summed E-state index contributed by atoms with van der Waals surface area (Å²) < 4.78 is 44.9. The molecule has 1 nitrogen and oxygen atoms in total. The molecule has 0 saturated heterocycles. The molecule has 0 bridgehead atoms. The summed E-state index contributed by atoms with van der Waals surface area (Å²) in [6.45, 7) is 0. The molecule has 1 unspecified atom stereocenters. The van der Waals surface area contributed by atoms with Crippen molar-refractivity contribution >= 4 is 6.29 Å². The first-order valence-electron chi connectivity index (χ1n) is 2.13. The molecule has 0 aromatic rings. The minimum absolute atomic E-state index is 0.0991. The van der Waals surface area contributed by atoms with E-state index in [0.29, 0.717) is 0 Å². The fourth-order valence-electron chi connectivity index (χ4n) is 0.218. The van der Waals surface area contributed by atoms with Gasteiger partial charge < -0.3 is 4.79 Å². The fourth-order valence-corrected chi connectivity index (χ4v) is 0.218. The van der Waals surface area contributed by atoms with Crippen LogP contribution in [0.25, 0.3) is 0 Å². The van der Waals surface area contributed by atoms with E-state index in [-0.39, 0.29) is 6.29 Å². The Balaban J connectivity index is 3.72. The largest absolute Gasteiger partial charge is 0.420 e. The van der Waals surface area contributed by atoms with Crippen molar-refractivity contribution in [3.63, 3.8) is 0 Å². The predicted molar refractivity (Wildman–Crippen MR) is 21.6 cm³/mol. The first-order valence-corrected chi connectivity index (χ1v) is 2.13. The van der Waals surface area contributed by atoms with Gasteiger partial charge in [-0.05, 0) is 0 Å². The lowest BCUT2D eigenvalue weighted by Gasteiger charge is -2.07. The van der Waals surface area contributed by atoms with Crippen LogP contribution >= 0.6 is 0 Å². The van der Waals surface area contributed by atoms with Gasteiger partial charge in [0.05, 0.1) is 0 Å². The molecule has 0 aromatic carbocycles. The van der Waals surface area contributed by atoms with Crippen LogP contribution in [0.4, 0.5) is 17.6 Å². The molecule has 0 rings (SSSR count). The minimum atomic E-state index is -4.89. The second-order valence-corrected chi connectivity index (χ2v) is 1.41. The van der Waals surface area contributed by atoms with Crippen LogP contribution in [-0.4, -0.2) is 18.6 Å². The van der Waals surface area contributed by atoms with Gasteiger partial charge in [-0.15, -0.1) is 0 Å². The van der Waals surface area contributed by atoms with Gasteiger partial charge in [0.2, 0.25) is 6.17 Å². The number of hydrogen-bond donors (Lipinski definition) is 0. The molecule has 0 aromatic heterocycles. The number of rotatable bonds is 2. The van der Waals surface area contributed by atoms with Crippen LogP contribution in [0.2, 0.25) is 0 Å². The molecule has 0 N–H and O–H groups in total. The smallest absolute Gasteiger partial charge is 0.303 e. The monoisotopic (exact) mass is 144 g/mol. The Hall–Kier alpha value is -0.610. The highest BCUT2D eigenvalue weighted by atomic mass is 19.4. The van der Waals surface area contributed by atoms with Crippen LogP contribution in [-0.2, 0) is 4.79 Å². The van der Waals surface area contributed by atoms with Crippen LogP contribution in [0.15, 0.2) is 0 Å². The van der Waals surface area contributed by atoms with E-state index in [0.717, 1.165) is 0 Å². The van der Waals surface area contributed by atoms with E-state index in [1.807, 2.05) is 0 Å². The van der Waals surface area contributed by atoms with E-state index >= 15 is 0 Å².